The van der Waals surface area contributed by atoms with Gasteiger partial charge in [0, 0.05) is 22.2 Å². The lowest BCUT2D eigenvalue weighted by atomic mass is 9.79. The van der Waals surface area contributed by atoms with Gasteiger partial charge in [0.1, 0.15) is 0 Å². The van der Waals surface area contributed by atoms with E-state index < -0.39 is 0 Å². The molecule has 0 atom stereocenters. The zero-order valence-corrected chi connectivity index (χ0v) is 21.9. The molecule has 0 spiro atoms. The Morgan fingerprint density at radius 1 is 0.622 bits per heavy atom. The third-order valence-corrected chi connectivity index (χ3v) is 7.87. The first-order valence-electron chi connectivity index (χ1n) is 13.0. The first kappa shape index (κ1) is 23.2. The molecule has 0 unspecified atom stereocenters. The average molecular weight is 481 g/mol. The minimum Gasteiger partial charge on any atom is -0.358 e. The van der Waals surface area contributed by atoms with Gasteiger partial charge in [0.05, 0.1) is 11.4 Å². The van der Waals surface area contributed by atoms with Crippen LogP contribution in [0.15, 0.2) is 126 Å². The number of fused-ring (bicyclic) bond motifs is 6. The van der Waals surface area contributed by atoms with Crippen LogP contribution in [0, 0.1) is 0 Å². The molecule has 0 aliphatic carbocycles. The van der Waals surface area contributed by atoms with E-state index in [0.717, 1.165) is 11.4 Å². The fourth-order valence-corrected chi connectivity index (χ4v) is 5.88. The molecule has 0 saturated heterocycles. The number of hydrogen-bond donors (Lipinski definition) is 1. The Hall–Kier alpha value is -4.17. The number of allylic oxidation sites excluding steroid dienone is 8. The maximum Gasteiger partial charge on any atom is 0.0681 e. The highest BCUT2D eigenvalue weighted by atomic mass is 15.0. The van der Waals surface area contributed by atoms with Crippen LogP contribution >= 0.6 is 0 Å². The normalized spacial score (nSPS) is 18.8. The molecule has 0 saturated carbocycles. The van der Waals surface area contributed by atoms with Crippen LogP contribution in [0.1, 0.15) is 38.8 Å². The van der Waals surface area contributed by atoms with Crippen LogP contribution in [0.25, 0.3) is 21.5 Å². The topological polar surface area (TPSA) is 24.4 Å². The molecule has 0 bridgehead atoms. The molecular formula is C35H32N2. The van der Waals surface area contributed by atoms with Crippen LogP contribution in [0.5, 0.6) is 0 Å². The Labute approximate surface area is 219 Å². The van der Waals surface area contributed by atoms with Crippen LogP contribution in [0.4, 0.5) is 11.4 Å². The second-order valence-corrected chi connectivity index (χ2v) is 11.0. The number of rotatable bonds is 4. The Kier molecular flexibility index (Phi) is 5.49. The third kappa shape index (κ3) is 3.84. The van der Waals surface area contributed by atoms with Gasteiger partial charge in [-0.2, -0.15) is 0 Å². The molecule has 4 aromatic carbocycles. The molecule has 0 aromatic heterocycles. The molecule has 4 aromatic rings. The van der Waals surface area contributed by atoms with Crippen molar-refractivity contribution in [3.8, 4) is 0 Å². The van der Waals surface area contributed by atoms with Crippen molar-refractivity contribution in [2.45, 2.75) is 38.5 Å². The van der Waals surface area contributed by atoms with Crippen LogP contribution in [0.2, 0.25) is 0 Å². The summed E-state index contributed by atoms with van der Waals surface area (Å²) in [5, 5.41) is 8.81. The first-order valence-corrected chi connectivity index (χ1v) is 13.0. The van der Waals surface area contributed by atoms with Crippen molar-refractivity contribution < 1.29 is 0 Å². The predicted octanol–water partition coefficient (Wildman–Crippen LogP) is 9.31. The average Bonchev–Trinajstić information content (AvgIpc) is 3.32. The predicted molar refractivity (Wildman–Crippen MR) is 160 cm³/mol. The summed E-state index contributed by atoms with van der Waals surface area (Å²) < 4.78 is 0. The number of hydrogen-bond acceptors (Lipinski definition) is 2. The molecule has 6 rings (SSSR count). The summed E-state index contributed by atoms with van der Waals surface area (Å²) in [5.74, 6) is 0. The van der Waals surface area contributed by atoms with Gasteiger partial charge in [-0.1, -0.05) is 119 Å². The van der Waals surface area contributed by atoms with Gasteiger partial charge in [0.2, 0.25) is 0 Å². The summed E-state index contributed by atoms with van der Waals surface area (Å²) in [5.41, 5.74) is 7.09. The smallest absolute Gasteiger partial charge is 0.0681 e. The summed E-state index contributed by atoms with van der Waals surface area (Å²) in [7, 11) is 0. The van der Waals surface area contributed by atoms with Crippen molar-refractivity contribution in [2.75, 3.05) is 5.32 Å². The third-order valence-electron chi connectivity index (χ3n) is 7.87. The Balaban J connectivity index is 1.17. The molecule has 0 amide bonds. The van der Waals surface area contributed by atoms with Crippen LogP contribution in [-0.2, 0) is 10.8 Å². The zero-order valence-electron chi connectivity index (χ0n) is 21.9. The van der Waals surface area contributed by atoms with Crippen molar-refractivity contribution in [3.63, 3.8) is 0 Å². The highest BCUT2D eigenvalue weighted by Crippen LogP contribution is 2.47. The van der Waals surface area contributed by atoms with Gasteiger partial charge >= 0.3 is 0 Å². The van der Waals surface area contributed by atoms with Crippen molar-refractivity contribution in [2.24, 2.45) is 4.99 Å². The van der Waals surface area contributed by atoms with Gasteiger partial charge in [0.15, 0.2) is 0 Å². The number of nitrogens with zero attached hydrogens (tertiary/aromatic N) is 1. The summed E-state index contributed by atoms with van der Waals surface area (Å²) in [4.78, 5) is 4.96. The van der Waals surface area contributed by atoms with Crippen LogP contribution in [0.3, 0.4) is 0 Å². The Morgan fingerprint density at radius 3 is 2.00 bits per heavy atom. The molecule has 37 heavy (non-hydrogen) atoms. The second kappa shape index (κ2) is 8.74. The lowest BCUT2D eigenvalue weighted by Gasteiger charge is -2.22. The molecule has 0 fully saturated rings. The standard InChI is InChI=1S/C35H32N2/c1-34(2)30(36-28-22-20-24-14-10-12-16-26(24)32(28)34)18-8-6-5-7-9-19-31-35(3,4)33-27-17-13-11-15-25(27)21-23-29(33)37-31/h5-23,36H,1-4H3/b7-5+,8-6+,19-9+,30-18+. The van der Waals surface area contributed by atoms with Gasteiger partial charge in [-0.25, -0.2) is 0 Å². The molecule has 2 aliphatic heterocycles. The van der Waals surface area contributed by atoms with Crippen molar-refractivity contribution in [1.29, 1.82) is 0 Å². The summed E-state index contributed by atoms with van der Waals surface area (Å²) in [6.45, 7) is 9.12. The van der Waals surface area contributed by atoms with Crippen molar-refractivity contribution in [3.05, 3.63) is 132 Å². The van der Waals surface area contributed by atoms with Gasteiger partial charge in [-0.05, 0) is 57.0 Å². The van der Waals surface area contributed by atoms with Gasteiger partial charge < -0.3 is 5.32 Å². The molecule has 2 heterocycles. The molecule has 182 valence electrons. The van der Waals surface area contributed by atoms with E-state index in [1.54, 1.807) is 0 Å². The summed E-state index contributed by atoms with van der Waals surface area (Å²) >= 11 is 0. The maximum atomic E-state index is 4.96. The lowest BCUT2D eigenvalue weighted by Crippen LogP contribution is -2.24. The van der Waals surface area contributed by atoms with E-state index in [-0.39, 0.29) is 10.8 Å². The highest BCUT2D eigenvalue weighted by molar-refractivity contribution is 6.12. The number of anilines is 1. The maximum absolute atomic E-state index is 4.96. The number of benzene rings is 4. The fraction of sp³-hybridized carbons (Fsp3) is 0.171. The minimum atomic E-state index is -0.125. The fourth-order valence-electron chi connectivity index (χ4n) is 5.88. The van der Waals surface area contributed by atoms with Crippen molar-refractivity contribution in [1.82, 2.24) is 0 Å². The number of aliphatic imine (C=N–C) groups is 1. The van der Waals surface area contributed by atoms with E-state index in [4.69, 9.17) is 4.99 Å². The van der Waals surface area contributed by atoms with Crippen molar-refractivity contribution >= 4 is 38.6 Å². The highest BCUT2D eigenvalue weighted by Gasteiger charge is 2.36. The SMILES string of the molecule is CC1(C)C(/C=C/C=C/C=C/C=C2/Nc3ccc4ccccc4c3C2(C)C)=Nc2ccc3ccccc3c21. The van der Waals surface area contributed by atoms with E-state index in [9.17, 15) is 0 Å². The summed E-state index contributed by atoms with van der Waals surface area (Å²) in [6.07, 6.45) is 14.8. The van der Waals surface area contributed by atoms with E-state index in [2.05, 4.69) is 148 Å². The summed E-state index contributed by atoms with van der Waals surface area (Å²) in [6, 6.07) is 25.9. The monoisotopic (exact) mass is 480 g/mol. The molecule has 0 radical (unpaired) electrons. The van der Waals surface area contributed by atoms with E-state index >= 15 is 0 Å². The van der Waals surface area contributed by atoms with Gasteiger partial charge in [-0.15, -0.1) is 0 Å². The van der Waals surface area contributed by atoms with Crippen LogP contribution < -0.4 is 5.32 Å². The first-order chi connectivity index (χ1) is 17.9. The number of nitrogens with one attached hydrogen (secondary N) is 1. The molecule has 2 aliphatic rings. The molecular weight excluding hydrogens is 448 g/mol. The molecule has 2 nitrogen and oxygen atoms in total. The van der Waals surface area contributed by atoms with E-state index in [1.165, 1.54) is 44.1 Å². The minimum absolute atomic E-state index is 0.0739. The Morgan fingerprint density at radius 2 is 1.24 bits per heavy atom. The quantitative estimate of drug-likeness (QED) is 0.289. The van der Waals surface area contributed by atoms with Gasteiger partial charge in [0.25, 0.3) is 0 Å². The second-order valence-electron chi connectivity index (χ2n) is 11.0. The van der Waals surface area contributed by atoms with E-state index in [0.29, 0.717) is 0 Å². The van der Waals surface area contributed by atoms with Gasteiger partial charge in [-0.3, -0.25) is 4.99 Å². The Bertz CT molecular complexity index is 1690. The molecule has 1 N–H and O–H groups in total. The largest absolute Gasteiger partial charge is 0.358 e. The molecule has 2 heteroatoms. The zero-order chi connectivity index (χ0) is 25.6. The van der Waals surface area contributed by atoms with Crippen LogP contribution in [-0.4, -0.2) is 5.71 Å². The van der Waals surface area contributed by atoms with E-state index in [1.807, 2.05) is 0 Å². The lowest BCUT2D eigenvalue weighted by molar-refractivity contribution is 0.659.